The summed E-state index contributed by atoms with van der Waals surface area (Å²) < 4.78 is 0. The van der Waals surface area contributed by atoms with E-state index in [1.54, 1.807) is 6.92 Å². The van der Waals surface area contributed by atoms with E-state index in [4.69, 9.17) is 5.73 Å². The first-order valence-corrected chi connectivity index (χ1v) is 5.77. The van der Waals surface area contributed by atoms with Crippen molar-refractivity contribution in [2.75, 3.05) is 20.6 Å². The van der Waals surface area contributed by atoms with Crippen LogP contribution in [0.25, 0.3) is 0 Å². The number of carbonyl (C=O) groups is 1. The number of amides is 1. The highest BCUT2D eigenvalue weighted by Gasteiger charge is 2.15. The Kier molecular flexibility index (Phi) is 5.12. The first-order chi connectivity index (χ1) is 8.02. The molecule has 1 amide bonds. The van der Waals surface area contributed by atoms with Gasteiger partial charge in [0, 0.05) is 6.54 Å². The summed E-state index contributed by atoms with van der Waals surface area (Å²) in [6.07, 6.45) is 0. The number of nitrogens with zero attached hydrogens (tertiary/aromatic N) is 1. The van der Waals surface area contributed by atoms with E-state index in [9.17, 15) is 4.79 Å². The number of benzene rings is 1. The predicted octanol–water partition coefficient (Wildman–Crippen LogP) is 0.753. The van der Waals surface area contributed by atoms with Crippen LogP contribution in [-0.2, 0) is 4.79 Å². The molecular weight excluding hydrogens is 214 g/mol. The van der Waals surface area contributed by atoms with Crippen LogP contribution in [-0.4, -0.2) is 37.5 Å². The molecule has 0 bridgehead atoms. The molecular formula is C13H21N3O. The van der Waals surface area contributed by atoms with E-state index >= 15 is 0 Å². The maximum atomic E-state index is 11.4. The second-order valence-corrected chi connectivity index (χ2v) is 4.42. The summed E-state index contributed by atoms with van der Waals surface area (Å²) in [5.74, 6) is -0.118. The fraction of sp³-hybridized carbons (Fsp3) is 0.462. The van der Waals surface area contributed by atoms with Gasteiger partial charge in [0.05, 0.1) is 12.1 Å². The average molecular weight is 235 g/mol. The zero-order chi connectivity index (χ0) is 12.8. The van der Waals surface area contributed by atoms with Gasteiger partial charge in [-0.15, -0.1) is 0 Å². The lowest BCUT2D eigenvalue weighted by Gasteiger charge is -2.25. The normalized spacial score (nSPS) is 14.4. The summed E-state index contributed by atoms with van der Waals surface area (Å²) in [6, 6.07) is 9.80. The third-order valence-corrected chi connectivity index (χ3v) is 2.69. The molecule has 1 aromatic rings. The van der Waals surface area contributed by atoms with E-state index in [0.717, 1.165) is 0 Å². The van der Waals surface area contributed by atoms with Gasteiger partial charge in [0.15, 0.2) is 0 Å². The highest BCUT2D eigenvalue weighted by atomic mass is 16.2. The molecule has 0 heterocycles. The Hall–Kier alpha value is -1.39. The Morgan fingerprint density at radius 1 is 1.35 bits per heavy atom. The van der Waals surface area contributed by atoms with Gasteiger partial charge in [0.2, 0.25) is 5.91 Å². The van der Waals surface area contributed by atoms with Crippen molar-refractivity contribution < 1.29 is 4.79 Å². The standard InChI is InChI=1S/C13H21N3O/c1-10(14)13(17)15-9-12(16(2)3)11-7-5-4-6-8-11/h4-8,10,12H,9,14H2,1-3H3,(H,15,17)/t10-,12?/m0/s1. The number of likely N-dealkylation sites (N-methyl/N-ethyl adjacent to an activating group) is 1. The minimum absolute atomic E-state index is 0.118. The Morgan fingerprint density at radius 2 is 1.94 bits per heavy atom. The second kappa shape index (κ2) is 6.37. The third-order valence-electron chi connectivity index (χ3n) is 2.69. The van der Waals surface area contributed by atoms with E-state index in [0.29, 0.717) is 6.54 Å². The maximum Gasteiger partial charge on any atom is 0.236 e. The first-order valence-electron chi connectivity index (χ1n) is 5.77. The van der Waals surface area contributed by atoms with Gasteiger partial charge in [-0.1, -0.05) is 30.3 Å². The molecule has 0 radical (unpaired) electrons. The van der Waals surface area contributed by atoms with Crippen molar-refractivity contribution in [3.05, 3.63) is 35.9 Å². The van der Waals surface area contributed by atoms with Crippen LogP contribution in [0.15, 0.2) is 30.3 Å². The summed E-state index contributed by atoms with van der Waals surface area (Å²) >= 11 is 0. The molecule has 4 heteroatoms. The van der Waals surface area contributed by atoms with Crippen LogP contribution in [0.1, 0.15) is 18.5 Å². The number of hydrogen-bond acceptors (Lipinski definition) is 3. The SMILES string of the molecule is C[C@H](N)C(=O)NCC(c1ccccc1)N(C)C. The van der Waals surface area contributed by atoms with Crippen molar-refractivity contribution in [1.29, 1.82) is 0 Å². The molecule has 1 unspecified atom stereocenters. The smallest absolute Gasteiger partial charge is 0.236 e. The molecule has 4 nitrogen and oxygen atoms in total. The van der Waals surface area contributed by atoms with Crippen molar-refractivity contribution in [3.63, 3.8) is 0 Å². The summed E-state index contributed by atoms with van der Waals surface area (Å²) in [5, 5.41) is 2.86. The van der Waals surface area contributed by atoms with Crippen LogP contribution < -0.4 is 11.1 Å². The van der Waals surface area contributed by atoms with E-state index in [-0.39, 0.29) is 11.9 Å². The van der Waals surface area contributed by atoms with E-state index in [1.807, 2.05) is 32.3 Å². The number of carbonyl (C=O) groups excluding carboxylic acids is 1. The molecule has 1 aromatic carbocycles. The molecule has 94 valence electrons. The predicted molar refractivity (Wildman–Crippen MR) is 69.5 cm³/mol. The molecule has 0 aliphatic rings. The third kappa shape index (κ3) is 4.17. The monoisotopic (exact) mass is 235 g/mol. The minimum Gasteiger partial charge on any atom is -0.353 e. The Bertz CT molecular complexity index is 349. The number of nitrogens with two attached hydrogens (primary N) is 1. The first kappa shape index (κ1) is 13.7. The molecule has 0 aliphatic carbocycles. The van der Waals surface area contributed by atoms with Gasteiger partial charge in [-0.3, -0.25) is 4.79 Å². The second-order valence-electron chi connectivity index (χ2n) is 4.42. The highest BCUT2D eigenvalue weighted by molar-refractivity contribution is 5.80. The van der Waals surface area contributed by atoms with Gasteiger partial charge in [-0.25, -0.2) is 0 Å². The van der Waals surface area contributed by atoms with Crippen molar-refractivity contribution >= 4 is 5.91 Å². The van der Waals surface area contributed by atoms with Crippen LogP contribution in [0.4, 0.5) is 0 Å². The molecule has 0 aromatic heterocycles. The van der Waals surface area contributed by atoms with E-state index < -0.39 is 6.04 Å². The maximum absolute atomic E-state index is 11.4. The molecule has 0 saturated carbocycles. The quantitative estimate of drug-likeness (QED) is 0.792. The van der Waals surface area contributed by atoms with Crippen molar-refractivity contribution in [3.8, 4) is 0 Å². The Labute approximate surface area is 103 Å². The zero-order valence-electron chi connectivity index (χ0n) is 10.7. The summed E-state index contributed by atoms with van der Waals surface area (Å²) in [7, 11) is 3.99. The van der Waals surface area contributed by atoms with Crippen LogP contribution in [0, 0.1) is 0 Å². The lowest BCUT2D eigenvalue weighted by Crippen LogP contribution is -2.42. The summed E-state index contributed by atoms with van der Waals surface area (Å²) in [5.41, 5.74) is 6.69. The van der Waals surface area contributed by atoms with Crippen molar-refractivity contribution in [2.24, 2.45) is 5.73 Å². The topological polar surface area (TPSA) is 58.4 Å². The molecule has 2 atom stereocenters. The van der Waals surface area contributed by atoms with Crippen molar-refractivity contribution in [1.82, 2.24) is 10.2 Å². The molecule has 3 N–H and O–H groups in total. The van der Waals surface area contributed by atoms with Gasteiger partial charge in [0.1, 0.15) is 0 Å². The van der Waals surface area contributed by atoms with Crippen LogP contribution in [0.5, 0.6) is 0 Å². The fourth-order valence-electron chi connectivity index (χ4n) is 1.63. The largest absolute Gasteiger partial charge is 0.353 e. The van der Waals surface area contributed by atoms with Gasteiger partial charge in [0.25, 0.3) is 0 Å². The fourth-order valence-corrected chi connectivity index (χ4v) is 1.63. The summed E-state index contributed by atoms with van der Waals surface area (Å²) in [6.45, 7) is 2.25. The lowest BCUT2D eigenvalue weighted by atomic mass is 10.1. The Balaban J connectivity index is 2.66. The molecule has 0 saturated heterocycles. The number of nitrogens with one attached hydrogen (secondary N) is 1. The van der Waals surface area contributed by atoms with Gasteiger partial charge in [-0.05, 0) is 26.6 Å². The van der Waals surface area contributed by atoms with Crippen LogP contribution in [0.2, 0.25) is 0 Å². The number of rotatable bonds is 5. The molecule has 1 rings (SSSR count). The number of hydrogen-bond donors (Lipinski definition) is 2. The zero-order valence-corrected chi connectivity index (χ0v) is 10.7. The summed E-state index contributed by atoms with van der Waals surface area (Å²) in [4.78, 5) is 13.5. The Morgan fingerprint density at radius 3 is 2.41 bits per heavy atom. The minimum atomic E-state index is -0.464. The average Bonchev–Trinajstić information content (AvgIpc) is 2.29. The van der Waals surface area contributed by atoms with Gasteiger partial charge in [-0.2, -0.15) is 0 Å². The van der Waals surface area contributed by atoms with Crippen LogP contribution in [0.3, 0.4) is 0 Å². The van der Waals surface area contributed by atoms with E-state index in [2.05, 4.69) is 22.3 Å². The van der Waals surface area contributed by atoms with Gasteiger partial charge < -0.3 is 16.0 Å². The van der Waals surface area contributed by atoms with Crippen LogP contribution >= 0.6 is 0 Å². The molecule has 17 heavy (non-hydrogen) atoms. The van der Waals surface area contributed by atoms with Gasteiger partial charge >= 0.3 is 0 Å². The lowest BCUT2D eigenvalue weighted by molar-refractivity contribution is -0.122. The molecule has 0 fully saturated rings. The molecule has 0 spiro atoms. The van der Waals surface area contributed by atoms with Crippen molar-refractivity contribution in [2.45, 2.75) is 19.0 Å². The highest BCUT2D eigenvalue weighted by Crippen LogP contribution is 2.16. The van der Waals surface area contributed by atoms with E-state index in [1.165, 1.54) is 5.56 Å². The molecule has 0 aliphatic heterocycles.